The van der Waals surface area contributed by atoms with Gasteiger partial charge in [-0.1, -0.05) is 29.3 Å². The molecule has 0 unspecified atom stereocenters. The fourth-order valence-corrected chi connectivity index (χ4v) is 3.51. The van der Waals surface area contributed by atoms with E-state index in [2.05, 4.69) is 10.6 Å². The van der Waals surface area contributed by atoms with E-state index < -0.39 is 10.8 Å². The topological polar surface area (TPSA) is 111 Å². The van der Waals surface area contributed by atoms with Gasteiger partial charge in [0.2, 0.25) is 11.7 Å². The number of benzene rings is 3. The fraction of sp³-hybridized carbons (Fsp3) is 0.167. The summed E-state index contributed by atoms with van der Waals surface area (Å²) in [6, 6.07) is 14.0. The minimum Gasteiger partial charge on any atom is -0.450 e. The second kappa shape index (κ2) is 10.1. The molecule has 170 valence electrons. The first-order valence-corrected chi connectivity index (χ1v) is 10.4. The molecule has 2 N–H and O–H groups in total. The van der Waals surface area contributed by atoms with Crippen molar-refractivity contribution in [3.8, 4) is 11.5 Å². The van der Waals surface area contributed by atoms with Crippen LogP contribution in [0.2, 0.25) is 5.02 Å². The Hall–Kier alpha value is -3.91. The second-order valence-electron chi connectivity index (χ2n) is 7.50. The van der Waals surface area contributed by atoms with Gasteiger partial charge in [-0.3, -0.25) is 19.7 Å². The molecule has 3 rings (SSSR count). The van der Waals surface area contributed by atoms with Crippen molar-refractivity contribution in [3.05, 3.63) is 92.0 Å². The predicted octanol–water partition coefficient (Wildman–Crippen LogP) is 5.33. The van der Waals surface area contributed by atoms with Gasteiger partial charge in [0, 0.05) is 22.3 Å². The maximum atomic E-state index is 12.4. The summed E-state index contributed by atoms with van der Waals surface area (Å²) in [6.07, 6.45) is 0. The van der Waals surface area contributed by atoms with E-state index in [-0.39, 0.29) is 28.9 Å². The number of halogens is 1. The van der Waals surface area contributed by atoms with Gasteiger partial charge in [0.05, 0.1) is 11.5 Å². The summed E-state index contributed by atoms with van der Waals surface area (Å²) in [5.74, 6) is -0.445. The van der Waals surface area contributed by atoms with E-state index in [1.54, 1.807) is 0 Å². The molecule has 3 aromatic carbocycles. The van der Waals surface area contributed by atoms with E-state index in [9.17, 15) is 19.7 Å². The first-order chi connectivity index (χ1) is 15.6. The van der Waals surface area contributed by atoms with E-state index >= 15 is 0 Å². The molecular formula is C24H22ClN3O5. The highest BCUT2D eigenvalue weighted by Gasteiger charge is 2.17. The van der Waals surface area contributed by atoms with Crippen molar-refractivity contribution >= 4 is 34.8 Å². The van der Waals surface area contributed by atoms with Crippen LogP contribution in [0, 0.1) is 30.9 Å². The lowest BCUT2D eigenvalue weighted by Gasteiger charge is -2.13. The van der Waals surface area contributed by atoms with Gasteiger partial charge in [-0.15, -0.1) is 0 Å². The molecule has 0 bridgehead atoms. The highest BCUT2D eigenvalue weighted by Crippen LogP contribution is 2.33. The molecule has 8 nitrogen and oxygen atoms in total. The lowest BCUT2D eigenvalue weighted by Crippen LogP contribution is -2.33. The molecule has 0 aliphatic heterocycles. The minimum absolute atomic E-state index is 0.0277. The number of hydrogen-bond acceptors (Lipinski definition) is 5. The molecule has 0 aliphatic carbocycles. The molecule has 0 fully saturated rings. The van der Waals surface area contributed by atoms with Crippen molar-refractivity contribution < 1.29 is 19.2 Å². The Morgan fingerprint density at radius 2 is 1.64 bits per heavy atom. The largest absolute Gasteiger partial charge is 0.450 e. The lowest BCUT2D eigenvalue weighted by molar-refractivity contribution is -0.385. The van der Waals surface area contributed by atoms with E-state index in [0.717, 1.165) is 22.4 Å². The lowest BCUT2D eigenvalue weighted by atomic mass is 10.1. The van der Waals surface area contributed by atoms with Gasteiger partial charge in [0.1, 0.15) is 5.75 Å². The van der Waals surface area contributed by atoms with E-state index in [4.69, 9.17) is 16.3 Å². The summed E-state index contributed by atoms with van der Waals surface area (Å²) in [5.41, 5.74) is 3.78. The maximum Gasteiger partial charge on any atom is 0.313 e. The van der Waals surface area contributed by atoms with Crippen molar-refractivity contribution in [2.75, 3.05) is 11.9 Å². The van der Waals surface area contributed by atoms with Gasteiger partial charge in [-0.05, 0) is 68.3 Å². The number of nitro benzene ring substituents is 1. The third kappa shape index (κ3) is 6.08. The third-order valence-corrected chi connectivity index (χ3v) is 5.05. The summed E-state index contributed by atoms with van der Waals surface area (Å²) in [5, 5.41) is 16.8. The number of nitrogens with one attached hydrogen (secondary N) is 2. The Balaban J connectivity index is 1.60. The summed E-state index contributed by atoms with van der Waals surface area (Å²) in [6.45, 7) is 5.62. The van der Waals surface area contributed by atoms with Crippen LogP contribution in [0.1, 0.15) is 27.0 Å². The molecule has 0 radical (unpaired) electrons. The Morgan fingerprint density at radius 1 is 1.00 bits per heavy atom. The average Bonchev–Trinajstić information content (AvgIpc) is 2.76. The Kier molecular flexibility index (Phi) is 7.30. The number of nitro groups is 1. The zero-order valence-electron chi connectivity index (χ0n) is 18.3. The molecule has 0 heterocycles. The highest BCUT2D eigenvalue weighted by molar-refractivity contribution is 6.30. The number of anilines is 1. The zero-order valence-corrected chi connectivity index (χ0v) is 19.0. The average molecular weight is 468 g/mol. The van der Waals surface area contributed by atoms with Gasteiger partial charge in [-0.25, -0.2) is 0 Å². The number of ether oxygens (including phenoxy) is 1. The number of carbonyl (C=O) groups excluding carboxylic acids is 2. The van der Waals surface area contributed by atoms with Crippen LogP contribution < -0.4 is 15.4 Å². The van der Waals surface area contributed by atoms with E-state index in [1.165, 1.54) is 42.5 Å². The van der Waals surface area contributed by atoms with Crippen LogP contribution in [0.25, 0.3) is 0 Å². The van der Waals surface area contributed by atoms with Crippen LogP contribution in [0.5, 0.6) is 11.5 Å². The van der Waals surface area contributed by atoms with Crippen molar-refractivity contribution in [1.29, 1.82) is 0 Å². The summed E-state index contributed by atoms with van der Waals surface area (Å²) in [4.78, 5) is 35.3. The normalized spacial score (nSPS) is 10.4. The van der Waals surface area contributed by atoms with Gasteiger partial charge in [0.15, 0.2) is 0 Å². The van der Waals surface area contributed by atoms with E-state index in [0.29, 0.717) is 11.3 Å². The van der Waals surface area contributed by atoms with Gasteiger partial charge in [-0.2, -0.15) is 0 Å². The van der Waals surface area contributed by atoms with Crippen LogP contribution in [0.3, 0.4) is 0 Å². The van der Waals surface area contributed by atoms with Crippen molar-refractivity contribution in [2.45, 2.75) is 20.8 Å². The number of rotatable bonds is 7. The van der Waals surface area contributed by atoms with Crippen molar-refractivity contribution in [2.24, 2.45) is 0 Å². The van der Waals surface area contributed by atoms with Crippen LogP contribution in [-0.2, 0) is 4.79 Å². The fourth-order valence-electron chi connectivity index (χ4n) is 3.34. The van der Waals surface area contributed by atoms with E-state index in [1.807, 2.05) is 32.9 Å². The summed E-state index contributed by atoms with van der Waals surface area (Å²) >= 11 is 5.81. The quantitative estimate of drug-likeness (QED) is 0.360. The Morgan fingerprint density at radius 3 is 2.24 bits per heavy atom. The summed E-state index contributed by atoms with van der Waals surface area (Å²) < 4.78 is 5.56. The number of aryl methyl sites for hydroxylation is 3. The SMILES string of the molecule is Cc1cc(C)c(NC(=O)CNC(=O)c2ccc(Oc3ccc(Cl)cc3[N+](=O)[O-])cc2)c(C)c1. The molecule has 0 spiro atoms. The Bertz CT molecular complexity index is 1200. The number of nitrogens with zero attached hydrogens (tertiary/aromatic N) is 1. The third-order valence-electron chi connectivity index (χ3n) is 4.81. The van der Waals surface area contributed by atoms with Crippen molar-refractivity contribution in [1.82, 2.24) is 5.32 Å². The van der Waals surface area contributed by atoms with Gasteiger partial charge in [0.25, 0.3) is 5.91 Å². The molecule has 0 aromatic heterocycles. The molecule has 2 amide bonds. The monoisotopic (exact) mass is 467 g/mol. The van der Waals surface area contributed by atoms with Gasteiger partial charge >= 0.3 is 5.69 Å². The zero-order chi connectivity index (χ0) is 24.1. The number of carbonyl (C=O) groups is 2. The maximum absolute atomic E-state index is 12.4. The molecule has 0 saturated carbocycles. The Labute approximate surface area is 195 Å². The second-order valence-corrected chi connectivity index (χ2v) is 7.94. The van der Waals surface area contributed by atoms with Gasteiger partial charge < -0.3 is 15.4 Å². The molecule has 0 aliphatic rings. The van der Waals surface area contributed by atoms with Crippen LogP contribution >= 0.6 is 11.6 Å². The molecule has 3 aromatic rings. The predicted molar refractivity (Wildman–Crippen MR) is 126 cm³/mol. The van der Waals surface area contributed by atoms with Crippen LogP contribution in [-0.4, -0.2) is 23.3 Å². The molecule has 33 heavy (non-hydrogen) atoms. The van der Waals surface area contributed by atoms with Crippen LogP contribution in [0.15, 0.2) is 54.6 Å². The molecule has 0 saturated heterocycles. The molecule has 9 heteroatoms. The van der Waals surface area contributed by atoms with Crippen molar-refractivity contribution in [3.63, 3.8) is 0 Å². The summed E-state index contributed by atoms with van der Waals surface area (Å²) in [7, 11) is 0. The molecular weight excluding hydrogens is 446 g/mol. The first-order valence-electron chi connectivity index (χ1n) is 10.0. The molecule has 0 atom stereocenters. The smallest absolute Gasteiger partial charge is 0.313 e. The highest BCUT2D eigenvalue weighted by atomic mass is 35.5. The standard InChI is InChI=1S/C24H22ClN3O5/c1-14-10-15(2)23(16(3)11-14)27-22(29)13-26-24(30)17-4-7-19(8-5-17)33-21-9-6-18(25)12-20(21)28(31)32/h4-12H,13H2,1-3H3,(H,26,30)(H,27,29). The number of hydrogen-bond donors (Lipinski definition) is 2. The first kappa shape index (κ1) is 23.7. The number of amides is 2. The van der Waals surface area contributed by atoms with Crippen LogP contribution in [0.4, 0.5) is 11.4 Å². The minimum atomic E-state index is -0.590.